The Bertz CT molecular complexity index is 424. The first-order valence-corrected chi connectivity index (χ1v) is 5.66. The molecule has 17 heavy (non-hydrogen) atoms. The van der Waals surface area contributed by atoms with Crippen LogP contribution in [0.1, 0.15) is 18.4 Å². The Hall–Kier alpha value is -1.84. The monoisotopic (exact) mass is 233 g/mol. The van der Waals surface area contributed by atoms with Gasteiger partial charge in [0.1, 0.15) is 0 Å². The highest BCUT2D eigenvalue weighted by Crippen LogP contribution is 2.23. The van der Waals surface area contributed by atoms with Crippen molar-refractivity contribution in [2.24, 2.45) is 5.92 Å². The number of nitrogens with zero attached hydrogens (tertiary/aromatic N) is 1. The second-order valence-corrected chi connectivity index (χ2v) is 4.41. The standard InChI is InChI=1S/C13H15NO3/c1-9(10-5-3-2-4-6-10)12(15)14-7-11(8-14)13(16)17/h2-6,9,11H,7-8H2,1H3,(H,16,17)/t9-/m1/s1. The number of amides is 1. The molecule has 0 unspecified atom stereocenters. The SMILES string of the molecule is C[C@@H](C(=O)N1CC(C(=O)O)C1)c1ccccc1. The van der Waals surface area contributed by atoms with Crippen molar-refractivity contribution in [3.05, 3.63) is 35.9 Å². The quantitative estimate of drug-likeness (QED) is 0.857. The average molecular weight is 233 g/mol. The van der Waals surface area contributed by atoms with Crippen molar-refractivity contribution in [2.75, 3.05) is 13.1 Å². The maximum Gasteiger partial charge on any atom is 0.310 e. The smallest absolute Gasteiger partial charge is 0.310 e. The molecule has 90 valence electrons. The summed E-state index contributed by atoms with van der Waals surface area (Å²) in [7, 11) is 0. The molecule has 1 aromatic rings. The molecule has 1 aliphatic rings. The Balaban J connectivity index is 1.96. The van der Waals surface area contributed by atoms with E-state index in [4.69, 9.17) is 5.11 Å². The van der Waals surface area contributed by atoms with Crippen LogP contribution >= 0.6 is 0 Å². The molecular formula is C13H15NO3. The van der Waals surface area contributed by atoms with E-state index in [1.54, 1.807) is 4.90 Å². The van der Waals surface area contributed by atoms with E-state index >= 15 is 0 Å². The van der Waals surface area contributed by atoms with Crippen molar-refractivity contribution in [3.63, 3.8) is 0 Å². The van der Waals surface area contributed by atoms with Gasteiger partial charge in [-0.2, -0.15) is 0 Å². The number of hydrogen-bond acceptors (Lipinski definition) is 2. The third kappa shape index (κ3) is 2.30. The molecule has 1 atom stereocenters. The fourth-order valence-corrected chi connectivity index (χ4v) is 1.97. The molecule has 0 spiro atoms. The molecule has 0 aliphatic carbocycles. The van der Waals surface area contributed by atoms with Crippen molar-refractivity contribution in [1.82, 2.24) is 4.90 Å². The zero-order valence-electron chi connectivity index (χ0n) is 9.67. The first-order valence-electron chi connectivity index (χ1n) is 5.66. The van der Waals surface area contributed by atoms with Crippen LogP contribution in [0.4, 0.5) is 0 Å². The molecule has 0 bridgehead atoms. The topological polar surface area (TPSA) is 57.6 Å². The van der Waals surface area contributed by atoms with Crippen molar-refractivity contribution in [1.29, 1.82) is 0 Å². The summed E-state index contributed by atoms with van der Waals surface area (Å²) in [6, 6.07) is 9.53. The highest BCUT2D eigenvalue weighted by Gasteiger charge is 2.37. The third-order valence-electron chi connectivity index (χ3n) is 3.21. The lowest BCUT2D eigenvalue weighted by Gasteiger charge is -2.38. The van der Waals surface area contributed by atoms with E-state index < -0.39 is 5.97 Å². The van der Waals surface area contributed by atoms with Gasteiger partial charge < -0.3 is 10.0 Å². The van der Waals surface area contributed by atoms with E-state index in [0.717, 1.165) is 5.56 Å². The molecule has 1 fully saturated rings. The van der Waals surface area contributed by atoms with Crippen molar-refractivity contribution >= 4 is 11.9 Å². The van der Waals surface area contributed by atoms with Crippen LogP contribution in [0.5, 0.6) is 0 Å². The lowest BCUT2D eigenvalue weighted by Crippen LogP contribution is -2.54. The predicted molar refractivity (Wildman–Crippen MR) is 62.6 cm³/mol. The molecule has 1 aromatic carbocycles. The van der Waals surface area contributed by atoms with E-state index in [-0.39, 0.29) is 17.7 Å². The maximum absolute atomic E-state index is 12.0. The van der Waals surface area contributed by atoms with Gasteiger partial charge in [0.25, 0.3) is 0 Å². The van der Waals surface area contributed by atoms with Crippen LogP contribution in [0.25, 0.3) is 0 Å². The molecule has 1 saturated heterocycles. The van der Waals surface area contributed by atoms with E-state index in [2.05, 4.69) is 0 Å². The molecule has 1 aliphatic heterocycles. The highest BCUT2D eigenvalue weighted by atomic mass is 16.4. The van der Waals surface area contributed by atoms with Crippen molar-refractivity contribution in [2.45, 2.75) is 12.8 Å². The molecule has 1 heterocycles. The molecule has 2 rings (SSSR count). The lowest BCUT2D eigenvalue weighted by atomic mass is 9.94. The van der Waals surface area contributed by atoms with Crippen LogP contribution in [-0.2, 0) is 9.59 Å². The summed E-state index contributed by atoms with van der Waals surface area (Å²) >= 11 is 0. The van der Waals surface area contributed by atoms with Crippen LogP contribution in [0.3, 0.4) is 0 Å². The van der Waals surface area contributed by atoms with Gasteiger partial charge >= 0.3 is 5.97 Å². The van der Waals surface area contributed by atoms with Gasteiger partial charge in [-0.15, -0.1) is 0 Å². The first-order chi connectivity index (χ1) is 8.09. The Kier molecular flexibility index (Phi) is 3.13. The summed E-state index contributed by atoms with van der Waals surface area (Å²) in [5.74, 6) is -1.40. The number of carboxylic acids is 1. The normalized spacial score (nSPS) is 17.4. The van der Waals surface area contributed by atoms with E-state index in [1.807, 2.05) is 37.3 Å². The Labute approximate surface area is 99.9 Å². The molecule has 4 nitrogen and oxygen atoms in total. The molecule has 4 heteroatoms. The predicted octanol–water partition coefficient (Wildman–Crippen LogP) is 1.33. The van der Waals surface area contributed by atoms with E-state index in [9.17, 15) is 9.59 Å². The summed E-state index contributed by atoms with van der Waals surface area (Å²) in [6.45, 7) is 2.53. The highest BCUT2D eigenvalue weighted by molar-refractivity contribution is 5.86. The van der Waals surface area contributed by atoms with Crippen LogP contribution in [-0.4, -0.2) is 35.0 Å². The van der Waals surface area contributed by atoms with Crippen LogP contribution in [0.15, 0.2) is 30.3 Å². The fraction of sp³-hybridized carbons (Fsp3) is 0.385. The zero-order chi connectivity index (χ0) is 12.4. The van der Waals surface area contributed by atoms with Crippen molar-refractivity contribution in [3.8, 4) is 0 Å². The zero-order valence-corrected chi connectivity index (χ0v) is 9.67. The number of hydrogen-bond donors (Lipinski definition) is 1. The Morgan fingerprint density at radius 1 is 1.29 bits per heavy atom. The number of likely N-dealkylation sites (tertiary alicyclic amines) is 1. The molecule has 0 aromatic heterocycles. The van der Waals surface area contributed by atoms with E-state index in [1.165, 1.54) is 0 Å². The molecular weight excluding hydrogens is 218 g/mol. The summed E-state index contributed by atoms with van der Waals surface area (Å²) < 4.78 is 0. The van der Waals surface area contributed by atoms with Gasteiger partial charge in [0.2, 0.25) is 5.91 Å². The van der Waals surface area contributed by atoms with Crippen LogP contribution in [0.2, 0.25) is 0 Å². The third-order valence-corrected chi connectivity index (χ3v) is 3.21. The Morgan fingerprint density at radius 2 is 1.88 bits per heavy atom. The van der Waals surface area contributed by atoms with E-state index in [0.29, 0.717) is 13.1 Å². The largest absolute Gasteiger partial charge is 0.481 e. The first kappa shape index (κ1) is 11.6. The van der Waals surface area contributed by atoms with Crippen LogP contribution < -0.4 is 0 Å². The summed E-state index contributed by atoms with van der Waals surface area (Å²) in [6.07, 6.45) is 0. The summed E-state index contributed by atoms with van der Waals surface area (Å²) in [4.78, 5) is 24.3. The number of rotatable bonds is 3. The second-order valence-electron chi connectivity index (χ2n) is 4.41. The van der Waals surface area contributed by atoms with Gasteiger partial charge in [0, 0.05) is 13.1 Å². The summed E-state index contributed by atoms with van der Waals surface area (Å²) in [5, 5.41) is 8.75. The van der Waals surface area contributed by atoms with Gasteiger partial charge in [-0.1, -0.05) is 30.3 Å². The minimum Gasteiger partial charge on any atom is -0.481 e. The van der Waals surface area contributed by atoms with Gasteiger partial charge in [-0.3, -0.25) is 9.59 Å². The minimum absolute atomic E-state index is 0.00806. The Morgan fingerprint density at radius 3 is 2.41 bits per heavy atom. The summed E-state index contributed by atoms with van der Waals surface area (Å²) in [5.41, 5.74) is 0.969. The lowest BCUT2D eigenvalue weighted by molar-refractivity contribution is -0.153. The second kappa shape index (κ2) is 4.57. The number of carboxylic acid groups (broad SMARTS) is 1. The average Bonchev–Trinajstić information content (AvgIpc) is 2.26. The number of carbonyl (C=O) groups excluding carboxylic acids is 1. The van der Waals surface area contributed by atoms with Crippen molar-refractivity contribution < 1.29 is 14.7 Å². The molecule has 0 radical (unpaired) electrons. The van der Waals surface area contributed by atoms with Gasteiger partial charge in [-0.05, 0) is 12.5 Å². The fourth-order valence-electron chi connectivity index (χ4n) is 1.97. The van der Waals surface area contributed by atoms with Gasteiger partial charge in [0.15, 0.2) is 0 Å². The minimum atomic E-state index is -0.818. The van der Waals surface area contributed by atoms with Gasteiger partial charge in [0.05, 0.1) is 11.8 Å². The maximum atomic E-state index is 12.0. The number of aliphatic carboxylic acids is 1. The number of benzene rings is 1. The molecule has 1 amide bonds. The molecule has 1 N–H and O–H groups in total. The number of carbonyl (C=O) groups is 2. The van der Waals surface area contributed by atoms with Gasteiger partial charge in [-0.25, -0.2) is 0 Å². The molecule has 0 saturated carbocycles. The van der Waals surface area contributed by atoms with Crippen LogP contribution in [0, 0.1) is 5.92 Å².